The van der Waals surface area contributed by atoms with E-state index in [0.717, 1.165) is 0 Å². The molecule has 0 aromatic carbocycles. The number of pyridine rings is 1. The van der Waals surface area contributed by atoms with Crippen molar-refractivity contribution in [2.24, 2.45) is 0 Å². The van der Waals surface area contributed by atoms with Gasteiger partial charge in [-0.15, -0.1) is 0 Å². The minimum Gasteiger partial charge on any atom is -0.481 e. The van der Waals surface area contributed by atoms with Crippen LogP contribution in [0.1, 0.15) is 13.3 Å². The highest BCUT2D eigenvalue weighted by Gasteiger charge is 2.16. The zero-order valence-corrected chi connectivity index (χ0v) is 9.71. The molecule has 0 fully saturated rings. The van der Waals surface area contributed by atoms with Gasteiger partial charge >= 0.3 is 5.69 Å². The molecule has 0 aliphatic rings. The van der Waals surface area contributed by atoms with E-state index in [1.54, 1.807) is 0 Å². The van der Waals surface area contributed by atoms with E-state index in [9.17, 15) is 15.2 Å². The van der Waals surface area contributed by atoms with E-state index >= 15 is 0 Å². The standard InChI is InChI=1S/C10H15N3O4/c1-3-7(14)6-11-10-8(13(15)16)4-5-9(12-10)17-2/h4-5,7,14H,3,6H2,1-2H3,(H,11,12). The first kappa shape index (κ1) is 13.2. The Morgan fingerprint density at radius 3 is 2.88 bits per heavy atom. The van der Waals surface area contributed by atoms with Gasteiger partial charge in [0.05, 0.1) is 18.1 Å². The Labute approximate surface area is 98.6 Å². The average molecular weight is 241 g/mol. The molecular weight excluding hydrogens is 226 g/mol. The fourth-order valence-corrected chi connectivity index (χ4v) is 1.18. The molecule has 0 aliphatic carbocycles. The van der Waals surface area contributed by atoms with Crippen LogP contribution < -0.4 is 10.1 Å². The van der Waals surface area contributed by atoms with Crippen LogP contribution in [0.2, 0.25) is 0 Å². The van der Waals surface area contributed by atoms with Gasteiger partial charge in [0.2, 0.25) is 11.7 Å². The van der Waals surface area contributed by atoms with Crippen LogP contribution in [0.4, 0.5) is 11.5 Å². The van der Waals surface area contributed by atoms with Gasteiger partial charge in [0.15, 0.2) is 0 Å². The third-order valence-electron chi connectivity index (χ3n) is 2.23. The summed E-state index contributed by atoms with van der Waals surface area (Å²) in [5, 5.41) is 22.9. The second kappa shape index (κ2) is 6.00. The maximum absolute atomic E-state index is 10.8. The molecule has 1 unspecified atom stereocenters. The lowest BCUT2D eigenvalue weighted by molar-refractivity contribution is -0.384. The fraction of sp³-hybridized carbons (Fsp3) is 0.500. The van der Waals surface area contributed by atoms with Gasteiger partial charge in [0.25, 0.3) is 0 Å². The molecule has 0 saturated carbocycles. The summed E-state index contributed by atoms with van der Waals surface area (Å²) in [5.41, 5.74) is -0.144. The highest BCUT2D eigenvalue weighted by molar-refractivity contribution is 5.57. The van der Waals surface area contributed by atoms with Crippen molar-refractivity contribution in [2.75, 3.05) is 19.0 Å². The van der Waals surface area contributed by atoms with Crippen LogP contribution in [0.15, 0.2) is 12.1 Å². The van der Waals surface area contributed by atoms with Crippen molar-refractivity contribution in [3.05, 3.63) is 22.2 Å². The van der Waals surface area contributed by atoms with Crippen LogP contribution in [0.5, 0.6) is 5.88 Å². The Bertz CT molecular complexity index is 397. The number of nitrogens with one attached hydrogen (secondary N) is 1. The van der Waals surface area contributed by atoms with Crippen molar-refractivity contribution in [1.29, 1.82) is 0 Å². The van der Waals surface area contributed by atoms with E-state index < -0.39 is 11.0 Å². The summed E-state index contributed by atoms with van der Waals surface area (Å²) in [4.78, 5) is 14.2. The Balaban J connectivity index is 2.89. The Morgan fingerprint density at radius 2 is 2.35 bits per heavy atom. The van der Waals surface area contributed by atoms with Crippen LogP contribution in [-0.4, -0.2) is 34.8 Å². The van der Waals surface area contributed by atoms with Crippen molar-refractivity contribution >= 4 is 11.5 Å². The fourth-order valence-electron chi connectivity index (χ4n) is 1.18. The number of rotatable bonds is 6. The van der Waals surface area contributed by atoms with Crippen LogP contribution >= 0.6 is 0 Å². The summed E-state index contributed by atoms with van der Waals surface area (Å²) in [6.45, 7) is 2.03. The molecule has 0 radical (unpaired) electrons. The van der Waals surface area contributed by atoms with Gasteiger partial charge in [0, 0.05) is 18.7 Å². The maximum atomic E-state index is 10.8. The molecule has 0 bridgehead atoms. The van der Waals surface area contributed by atoms with Gasteiger partial charge in [-0.2, -0.15) is 4.98 Å². The predicted octanol–water partition coefficient (Wildman–Crippen LogP) is 1.18. The van der Waals surface area contributed by atoms with Crippen molar-refractivity contribution in [3.8, 4) is 5.88 Å². The molecule has 1 atom stereocenters. The quantitative estimate of drug-likeness (QED) is 0.573. The first-order valence-electron chi connectivity index (χ1n) is 5.19. The number of ether oxygens (including phenoxy) is 1. The lowest BCUT2D eigenvalue weighted by atomic mass is 10.3. The lowest BCUT2D eigenvalue weighted by Gasteiger charge is -2.10. The SMILES string of the molecule is CCC(O)CNc1nc(OC)ccc1[N+](=O)[O-]. The van der Waals surface area contributed by atoms with Crippen LogP contribution in [0, 0.1) is 10.1 Å². The summed E-state index contributed by atoms with van der Waals surface area (Å²) in [6.07, 6.45) is -0.00675. The molecule has 2 N–H and O–H groups in total. The van der Waals surface area contributed by atoms with E-state index in [-0.39, 0.29) is 23.9 Å². The summed E-state index contributed by atoms with van der Waals surface area (Å²) >= 11 is 0. The molecular formula is C10H15N3O4. The van der Waals surface area contributed by atoms with E-state index in [1.165, 1.54) is 19.2 Å². The molecule has 1 aromatic heterocycles. The normalized spacial score (nSPS) is 11.9. The molecule has 94 valence electrons. The number of aliphatic hydroxyl groups is 1. The summed E-state index contributed by atoms with van der Waals surface area (Å²) in [7, 11) is 1.43. The third kappa shape index (κ3) is 3.56. The van der Waals surface area contributed by atoms with Crippen LogP contribution in [-0.2, 0) is 0 Å². The van der Waals surface area contributed by atoms with Crippen molar-refractivity contribution in [3.63, 3.8) is 0 Å². The summed E-state index contributed by atoms with van der Waals surface area (Å²) in [5.74, 6) is 0.380. The van der Waals surface area contributed by atoms with Crippen molar-refractivity contribution < 1.29 is 14.8 Å². The van der Waals surface area contributed by atoms with Crippen LogP contribution in [0.3, 0.4) is 0 Å². The number of nitrogens with zero attached hydrogens (tertiary/aromatic N) is 2. The zero-order valence-electron chi connectivity index (χ0n) is 9.71. The molecule has 0 amide bonds. The first-order chi connectivity index (χ1) is 8.08. The second-order valence-corrected chi connectivity index (χ2v) is 3.42. The summed E-state index contributed by atoms with van der Waals surface area (Å²) < 4.78 is 4.89. The number of aliphatic hydroxyl groups excluding tert-OH is 1. The number of hydrogen-bond acceptors (Lipinski definition) is 6. The number of anilines is 1. The van der Waals surface area contributed by atoms with Crippen molar-refractivity contribution in [1.82, 2.24) is 4.98 Å². The zero-order chi connectivity index (χ0) is 12.8. The van der Waals surface area contributed by atoms with Crippen molar-refractivity contribution in [2.45, 2.75) is 19.4 Å². The maximum Gasteiger partial charge on any atom is 0.311 e. The Hall–Kier alpha value is -1.89. The molecule has 1 heterocycles. The minimum absolute atomic E-state index is 0.0989. The topological polar surface area (TPSA) is 97.5 Å². The lowest BCUT2D eigenvalue weighted by Crippen LogP contribution is -2.19. The van der Waals surface area contributed by atoms with E-state index in [0.29, 0.717) is 6.42 Å². The van der Waals surface area contributed by atoms with Gasteiger partial charge in [-0.25, -0.2) is 0 Å². The highest BCUT2D eigenvalue weighted by Crippen LogP contribution is 2.24. The smallest absolute Gasteiger partial charge is 0.311 e. The van der Waals surface area contributed by atoms with E-state index in [4.69, 9.17) is 4.74 Å². The first-order valence-corrected chi connectivity index (χ1v) is 5.19. The molecule has 7 heteroatoms. The molecule has 1 rings (SSSR count). The van der Waals surface area contributed by atoms with Gasteiger partial charge in [-0.05, 0) is 6.42 Å². The Morgan fingerprint density at radius 1 is 1.65 bits per heavy atom. The minimum atomic E-state index is -0.567. The third-order valence-corrected chi connectivity index (χ3v) is 2.23. The van der Waals surface area contributed by atoms with Crippen LogP contribution in [0.25, 0.3) is 0 Å². The molecule has 7 nitrogen and oxygen atoms in total. The average Bonchev–Trinajstić information content (AvgIpc) is 2.35. The highest BCUT2D eigenvalue weighted by atomic mass is 16.6. The molecule has 1 aromatic rings. The van der Waals surface area contributed by atoms with E-state index in [2.05, 4.69) is 10.3 Å². The number of methoxy groups -OCH3 is 1. The van der Waals surface area contributed by atoms with Gasteiger partial charge in [-0.1, -0.05) is 6.92 Å². The van der Waals surface area contributed by atoms with Gasteiger partial charge < -0.3 is 15.2 Å². The van der Waals surface area contributed by atoms with Gasteiger partial charge in [0.1, 0.15) is 0 Å². The number of hydrogen-bond donors (Lipinski definition) is 2. The second-order valence-electron chi connectivity index (χ2n) is 3.42. The van der Waals surface area contributed by atoms with Gasteiger partial charge in [-0.3, -0.25) is 10.1 Å². The molecule has 17 heavy (non-hydrogen) atoms. The number of nitro groups is 1. The predicted molar refractivity (Wildman–Crippen MR) is 62.2 cm³/mol. The molecule has 0 aliphatic heterocycles. The number of aromatic nitrogens is 1. The molecule has 0 saturated heterocycles. The molecule has 0 spiro atoms. The summed E-state index contributed by atoms with van der Waals surface area (Å²) in [6, 6.07) is 2.73. The Kier molecular flexibility index (Phi) is 4.65. The largest absolute Gasteiger partial charge is 0.481 e. The monoisotopic (exact) mass is 241 g/mol. The van der Waals surface area contributed by atoms with E-state index in [1.807, 2.05) is 6.92 Å².